The summed E-state index contributed by atoms with van der Waals surface area (Å²) >= 11 is 0. The second kappa shape index (κ2) is 6.62. The Morgan fingerprint density at radius 3 is 2.50 bits per heavy atom. The highest BCUT2D eigenvalue weighted by Gasteiger charge is 2.23. The van der Waals surface area contributed by atoms with Crippen molar-refractivity contribution in [1.82, 2.24) is 4.57 Å². The van der Waals surface area contributed by atoms with E-state index in [2.05, 4.69) is 36.6 Å². The van der Waals surface area contributed by atoms with E-state index in [4.69, 9.17) is 4.74 Å². The van der Waals surface area contributed by atoms with Gasteiger partial charge in [-0.2, -0.15) is 0 Å². The lowest BCUT2D eigenvalue weighted by atomic mass is 10.00. The van der Waals surface area contributed by atoms with Crippen LogP contribution in [0.4, 0.5) is 0 Å². The normalized spacial score (nSPS) is 12.5. The van der Waals surface area contributed by atoms with Gasteiger partial charge in [0.15, 0.2) is 5.78 Å². The number of hydrogen-bond donors (Lipinski definition) is 0. The summed E-state index contributed by atoms with van der Waals surface area (Å²) in [6.45, 7) is 6.81. The van der Waals surface area contributed by atoms with E-state index < -0.39 is 0 Å². The number of rotatable bonds is 5. The monoisotopic (exact) mass is 321 g/mol. The number of nitrogens with zero attached hydrogens (tertiary/aromatic N) is 1. The van der Waals surface area contributed by atoms with E-state index in [0.29, 0.717) is 6.61 Å². The van der Waals surface area contributed by atoms with Crippen LogP contribution in [0.1, 0.15) is 40.1 Å². The average molecular weight is 321 g/mol. The Morgan fingerprint density at radius 2 is 1.83 bits per heavy atom. The van der Waals surface area contributed by atoms with E-state index >= 15 is 0 Å². The van der Waals surface area contributed by atoms with E-state index in [1.807, 2.05) is 37.3 Å². The number of ketones is 1. The molecule has 0 bridgehead atoms. The number of fused-ring (bicyclic) bond motifs is 1. The van der Waals surface area contributed by atoms with Gasteiger partial charge in [0.25, 0.3) is 0 Å². The minimum Gasteiger partial charge on any atom is -0.383 e. The van der Waals surface area contributed by atoms with Gasteiger partial charge in [0.1, 0.15) is 0 Å². The summed E-state index contributed by atoms with van der Waals surface area (Å²) in [5.41, 5.74) is 4.75. The quantitative estimate of drug-likeness (QED) is 0.638. The lowest BCUT2D eigenvalue weighted by molar-refractivity contribution is 0.103. The third-order valence-electron chi connectivity index (χ3n) is 4.52. The smallest absolute Gasteiger partial charge is 0.195 e. The minimum atomic E-state index is 0.0760. The molecule has 3 rings (SSSR count). The van der Waals surface area contributed by atoms with Crippen molar-refractivity contribution in [3.8, 4) is 0 Å². The maximum Gasteiger partial charge on any atom is 0.195 e. The van der Waals surface area contributed by atoms with Crippen molar-refractivity contribution < 1.29 is 9.53 Å². The summed E-state index contributed by atoms with van der Waals surface area (Å²) in [6, 6.07) is 15.9. The number of carbonyl (C=O) groups is 1. The van der Waals surface area contributed by atoms with Gasteiger partial charge in [0, 0.05) is 29.3 Å². The summed E-state index contributed by atoms with van der Waals surface area (Å²) in [6.07, 6.45) is 0. The Morgan fingerprint density at radius 1 is 1.12 bits per heavy atom. The van der Waals surface area contributed by atoms with Crippen LogP contribution in [0, 0.1) is 13.8 Å². The zero-order valence-electron chi connectivity index (χ0n) is 14.7. The average Bonchev–Trinajstić information content (AvgIpc) is 2.86. The van der Waals surface area contributed by atoms with Gasteiger partial charge < -0.3 is 9.30 Å². The molecule has 24 heavy (non-hydrogen) atoms. The second-order valence-corrected chi connectivity index (χ2v) is 6.35. The first-order valence-electron chi connectivity index (χ1n) is 8.24. The minimum absolute atomic E-state index is 0.0760. The highest BCUT2D eigenvalue weighted by molar-refractivity contribution is 6.17. The van der Waals surface area contributed by atoms with Crippen molar-refractivity contribution in [2.75, 3.05) is 13.7 Å². The highest BCUT2D eigenvalue weighted by atomic mass is 16.5. The second-order valence-electron chi connectivity index (χ2n) is 6.35. The predicted octanol–water partition coefficient (Wildman–Crippen LogP) is 4.70. The molecule has 0 spiro atoms. The topological polar surface area (TPSA) is 31.2 Å². The zero-order valence-corrected chi connectivity index (χ0v) is 14.7. The predicted molar refractivity (Wildman–Crippen MR) is 97.9 cm³/mol. The number of hydrogen-bond acceptors (Lipinski definition) is 2. The van der Waals surface area contributed by atoms with Crippen LogP contribution >= 0.6 is 0 Å². The van der Waals surface area contributed by atoms with Gasteiger partial charge in [-0.1, -0.05) is 42.0 Å². The van der Waals surface area contributed by atoms with Crippen LogP contribution in [-0.4, -0.2) is 24.1 Å². The lowest BCUT2D eigenvalue weighted by Crippen LogP contribution is -2.13. The molecule has 1 aromatic heterocycles. The number of aromatic nitrogens is 1. The van der Waals surface area contributed by atoms with E-state index in [1.165, 1.54) is 0 Å². The van der Waals surface area contributed by atoms with Crippen molar-refractivity contribution in [2.24, 2.45) is 0 Å². The molecular formula is C21H23NO2. The summed E-state index contributed by atoms with van der Waals surface area (Å²) in [7, 11) is 1.71. The Balaban J connectivity index is 2.25. The third kappa shape index (κ3) is 2.76. The molecule has 0 radical (unpaired) electrons. The SMILES string of the molecule is COCC(C)n1c(C)c(C(=O)c2ccccc2)c2cc(C)ccc21. The van der Waals surface area contributed by atoms with E-state index in [1.54, 1.807) is 7.11 Å². The Labute approximate surface area is 142 Å². The van der Waals surface area contributed by atoms with Crippen LogP contribution < -0.4 is 0 Å². The molecule has 3 nitrogen and oxygen atoms in total. The third-order valence-corrected chi connectivity index (χ3v) is 4.52. The molecule has 0 saturated carbocycles. The molecule has 0 amide bonds. The number of benzene rings is 2. The molecule has 1 unspecified atom stereocenters. The molecule has 3 heteroatoms. The molecule has 124 valence electrons. The van der Waals surface area contributed by atoms with Crippen LogP contribution in [0.5, 0.6) is 0 Å². The highest BCUT2D eigenvalue weighted by Crippen LogP contribution is 2.31. The van der Waals surface area contributed by atoms with Gasteiger partial charge >= 0.3 is 0 Å². The van der Waals surface area contributed by atoms with E-state index in [9.17, 15) is 4.79 Å². The van der Waals surface area contributed by atoms with Crippen LogP contribution in [0.15, 0.2) is 48.5 Å². The largest absolute Gasteiger partial charge is 0.383 e. The zero-order chi connectivity index (χ0) is 17.3. The van der Waals surface area contributed by atoms with Gasteiger partial charge in [-0.15, -0.1) is 0 Å². The Bertz CT molecular complexity index is 878. The van der Waals surface area contributed by atoms with Gasteiger partial charge in [-0.05, 0) is 32.9 Å². The number of carbonyl (C=O) groups excluding carboxylic acids is 1. The lowest BCUT2D eigenvalue weighted by Gasteiger charge is -2.17. The molecule has 0 N–H and O–H groups in total. The fourth-order valence-electron chi connectivity index (χ4n) is 3.46. The van der Waals surface area contributed by atoms with Gasteiger partial charge in [0.2, 0.25) is 0 Å². The molecule has 3 aromatic rings. The van der Waals surface area contributed by atoms with Gasteiger partial charge in [0.05, 0.1) is 18.2 Å². The Kier molecular flexibility index (Phi) is 4.54. The molecule has 0 fully saturated rings. The first-order valence-corrected chi connectivity index (χ1v) is 8.24. The Hall–Kier alpha value is -2.39. The van der Waals surface area contributed by atoms with E-state index in [0.717, 1.165) is 33.3 Å². The van der Waals surface area contributed by atoms with Crippen molar-refractivity contribution in [2.45, 2.75) is 26.8 Å². The standard InChI is InChI=1S/C21H23NO2/c1-14-10-11-19-18(12-14)20(16(3)22(19)15(2)13-24-4)21(23)17-8-6-5-7-9-17/h5-12,15H,13H2,1-4H3. The fourth-order valence-corrected chi connectivity index (χ4v) is 3.46. The number of ether oxygens (including phenoxy) is 1. The molecule has 0 aliphatic carbocycles. The van der Waals surface area contributed by atoms with Crippen molar-refractivity contribution >= 4 is 16.7 Å². The summed E-state index contributed by atoms with van der Waals surface area (Å²) in [5, 5.41) is 1.02. The van der Waals surface area contributed by atoms with Crippen LogP contribution in [-0.2, 0) is 4.74 Å². The molecule has 1 atom stereocenters. The molecular weight excluding hydrogens is 298 g/mol. The summed E-state index contributed by atoms with van der Waals surface area (Å²) in [5.74, 6) is 0.0760. The molecule has 0 saturated heterocycles. The van der Waals surface area contributed by atoms with Gasteiger partial charge in [-0.25, -0.2) is 0 Å². The first-order chi connectivity index (χ1) is 11.5. The maximum atomic E-state index is 13.1. The van der Waals surface area contributed by atoms with Crippen molar-refractivity contribution in [3.05, 3.63) is 70.9 Å². The molecule has 0 aliphatic rings. The summed E-state index contributed by atoms with van der Waals surface area (Å²) in [4.78, 5) is 13.1. The fraction of sp³-hybridized carbons (Fsp3) is 0.286. The maximum absolute atomic E-state index is 13.1. The van der Waals surface area contributed by atoms with Gasteiger partial charge in [-0.3, -0.25) is 4.79 Å². The van der Waals surface area contributed by atoms with E-state index in [-0.39, 0.29) is 11.8 Å². The molecule has 0 aliphatic heterocycles. The van der Waals surface area contributed by atoms with Crippen LogP contribution in [0.25, 0.3) is 10.9 Å². The number of aryl methyl sites for hydroxylation is 1. The van der Waals surface area contributed by atoms with Crippen LogP contribution in [0.2, 0.25) is 0 Å². The summed E-state index contributed by atoms with van der Waals surface area (Å²) < 4.78 is 7.55. The van der Waals surface area contributed by atoms with Crippen LogP contribution in [0.3, 0.4) is 0 Å². The number of methoxy groups -OCH3 is 1. The first kappa shape index (κ1) is 16.5. The molecule has 2 aromatic carbocycles. The van der Waals surface area contributed by atoms with Crippen molar-refractivity contribution in [1.29, 1.82) is 0 Å². The van der Waals surface area contributed by atoms with Crippen molar-refractivity contribution in [3.63, 3.8) is 0 Å². The molecule has 1 heterocycles.